The molecule has 8 N–H and O–H groups in total. The Morgan fingerprint density at radius 3 is 1.21 bits per heavy atom. The number of aliphatic imine (C=N–C) groups is 2. The number of primary amides is 2. The minimum absolute atomic E-state index is 0.221. The van der Waals surface area contributed by atoms with E-state index in [1.807, 2.05) is 0 Å². The highest BCUT2D eigenvalue weighted by Crippen LogP contribution is 2.08. The summed E-state index contributed by atoms with van der Waals surface area (Å²) in [6.45, 7) is 12.1. The van der Waals surface area contributed by atoms with Crippen molar-refractivity contribution in [2.45, 2.75) is 104 Å². The first-order valence-corrected chi connectivity index (χ1v) is 16.5. The molecule has 0 bridgehead atoms. The fourth-order valence-electron chi connectivity index (χ4n) is 5.16. The van der Waals surface area contributed by atoms with E-state index in [0.29, 0.717) is 26.2 Å². The lowest BCUT2D eigenvalue weighted by Gasteiger charge is -2.35. The second-order valence-electron chi connectivity index (χ2n) is 11.4. The number of rotatable bonds is 22. The zero-order valence-electron chi connectivity index (χ0n) is 26.8. The van der Waals surface area contributed by atoms with Crippen LogP contribution in [-0.2, 0) is 0 Å². The molecule has 0 aromatic carbocycles. The van der Waals surface area contributed by atoms with E-state index in [-0.39, 0.29) is 11.9 Å². The van der Waals surface area contributed by atoms with Gasteiger partial charge in [-0.1, -0.05) is 78.1 Å². The average molecular weight is 595 g/mol. The number of hydrogen-bond acceptors (Lipinski definition) is 6. The van der Waals surface area contributed by atoms with Gasteiger partial charge in [-0.05, 0) is 38.8 Å². The van der Waals surface area contributed by atoms with Gasteiger partial charge in [-0.25, -0.2) is 9.59 Å². The Morgan fingerprint density at radius 2 is 0.881 bits per heavy atom. The summed E-state index contributed by atoms with van der Waals surface area (Å²) in [5.41, 5.74) is 23.3. The molecule has 0 unspecified atom stereocenters. The van der Waals surface area contributed by atoms with Crippen molar-refractivity contribution in [2.24, 2.45) is 32.9 Å². The van der Waals surface area contributed by atoms with Gasteiger partial charge in [0.2, 0.25) is 0 Å². The predicted molar refractivity (Wildman–Crippen MR) is 174 cm³/mol. The van der Waals surface area contributed by atoms with Gasteiger partial charge < -0.3 is 32.7 Å². The fraction of sp³-hybridized carbons (Fsp3) is 0.867. The maximum Gasteiger partial charge on any atom is 0.321 e. The largest absolute Gasteiger partial charge is 0.369 e. The maximum atomic E-state index is 11.9. The van der Waals surface area contributed by atoms with E-state index < -0.39 is 12.1 Å². The van der Waals surface area contributed by atoms with Gasteiger partial charge in [0.15, 0.2) is 11.9 Å². The van der Waals surface area contributed by atoms with Crippen LogP contribution in [0.2, 0.25) is 0 Å². The van der Waals surface area contributed by atoms with E-state index in [0.717, 1.165) is 77.8 Å². The molecule has 244 valence electrons. The van der Waals surface area contributed by atoms with Crippen LogP contribution >= 0.6 is 0 Å². The molecule has 0 aromatic rings. The highest BCUT2D eigenvalue weighted by atomic mass is 16.2. The minimum Gasteiger partial charge on any atom is -0.369 e. The van der Waals surface area contributed by atoms with Gasteiger partial charge in [-0.3, -0.25) is 19.8 Å². The van der Waals surface area contributed by atoms with Crippen molar-refractivity contribution >= 4 is 24.0 Å². The normalized spacial score (nSPS) is 15.2. The Balaban J connectivity index is 2.29. The zero-order chi connectivity index (χ0) is 31.0. The summed E-state index contributed by atoms with van der Waals surface area (Å²) in [7, 11) is 0. The summed E-state index contributed by atoms with van der Waals surface area (Å²) >= 11 is 0. The molecule has 1 aliphatic heterocycles. The average Bonchev–Trinajstić information content (AvgIpc) is 2.96. The van der Waals surface area contributed by atoms with Gasteiger partial charge >= 0.3 is 12.1 Å². The number of carbonyl (C=O) groups excluding carboxylic acids is 2. The van der Waals surface area contributed by atoms with Gasteiger partial charge in [0.05, 0.1) is 0 Å². The molecule has 0 saturated carbocycles. The first-order valence-electron chi connectivity index (χ1n) is 16.5. The summed E-state index contributed by atoms with van der Waals surface area (Å²) in [6.07, 6.45) is 15.7. The molecule has 42 heavy (non-hydrogen) atoms. The van der Waals surface area contributed by atoms with Crippen LogP contribution < -0.4 is 22.9 Å². The minimum atomic E-state index is -0.554. The van der Waals surface area contributed by atoms with E-state index >= 15 is 0 Å². The van der Waals surface area contributed by atoms with E-state index in [4.69, 9.17) is 22.9 Å². The lowest BCUT2D eigenvalue weighted by Crippen LogP contribution is -2.49. The molecule has 1 heterocycles. The highest BCUT2D eigenvalue weighted by molar-refractivity contribution is 5.95. The molecule has 0 radical (unpaired) electrons. The summed E-state index contributed by atoms with van der Waals surface area (Å²) in [5.74, 6) is 0.443. The molecule has 0 spiro atoms. The van der Waals surface area contributed by atoms with E-state index in [1.54, 1.807) is 0 Å². The van der Waals surface area contributed by atoms with Crippen molar-refractivity contribution < 1.29 is 9.59 Å². The lowest BCUT2D eigenvalue weighted by atomic mass is 10.1. The summed E-state index contributed by atoms with van der Waals surface area (Å²) < 4.78 is 0. The van der Waals surface area contributed by atoms with Crippen molar-refractivity contribution in [2.75, 3.05) is 65.4 Å². The van der Waals surface area contributed by atoms with Crippen molar-refractivity contribution in [1.29, 1.82) is 0 Å². The van der Waals surface area contributed by atoms with Crippen LogP contribution in [0.1, 0.15) is 104 Å². The first-order chi connectivity index (χ1) is 20.3. The second-order valence-corrected chi connectivity index (χ2v) is 11.4. The van der Waals surface area contributed by atoms with E-state index in [2.05, 4.69) is 33.6 Å². The third-order valence-corrected chi connectivity index (χ3v) is 7.83. The van der Waals surface area contributed by atoms with Crippen molar-refractivity contribution in [3.05, 3.63) is 0 Å². The van der Waals surface area contributed by atoms with E-state index in [1.165, 1.54) is 61.2 Å². The highest BCUT2D eigenvalue weighted by Gasteiger charge is 2.19. The number of amides is 4. The van der Waals surface area contributed by atoms with Crippen LogP contribution in [0.25, 0.3) is 0 Å². The number of carbonyl (C=O) groups is 2. The molecule has 1 aliphatic rings. The van der Waals surface area contributed by atoms with Gasteiger partial charge in [0.25, 0.3) is 0 Å². The Labute approximate surface area is 255 Å². The van der Waals surface area contributed by atoms with Crippen molar-refractivity contribution in [1.82, 2.24) is 19.6 Å². The molecule has 4 amide bonds. The van der Waals surface area contributed by atoms with Crippen LogP contribution in [0.15, 0.2) is 9.98 Å². The van der Waals surface area contributed by atoms with Crippen molar-refractivity contribution in [3.63, 3.8) is 0 Å². The number of hydrogen-bond donors (Lipinski definition) is 4. The third-order valence-electron chi connectivity index (χ3n) is 7.83. The Kier molecular flexibility index (Phi) is 21.3. The molecule has 12 heteroatoms. The number of guanidine groups is 2. The molecule has 1 fully saturated rings. The quantitative estimate of drug-likeness (QED) is 0.0847. The van der Waals surface area contributed by atoms with Crippen LogP contribution in [0.4, 0.5) is 9.59 Å². The van der Waals surface area contributed by atoms with E-state index in [9.17, 15) is 9.59 Å². The zero-order valence-corrected chi connectivity index (χ0v) is 26.8. The standard InChI is InChI=1S/C30H62N10O2/c1-3-5-7-9-11-13-17-35-27(31)39(29(33)41)21-15-19-37-23-25-38(26-24-37)20-16-22-40(30(34)42)28(32)36-18-14-12-10-8-6-4-2/h3-26H2,1-2H3,(H2,31,35)(H2,32,36)(H2,33,41)(H2,34,42). The molecule has 0 aromatic heterocycles. The molecule has 1 saturated heterocycles. The SMILES string of the molecule is CCCCCCCCN=C(N)N(CCCN1CCN(CCCN(C(N)=O)C(N)=NCCCCCCCC)CC1)C(N)=O. The monoisotopic (exact) mass is 595 g/mol. The number of urea groups is 2. The Hall–Kier alpha value is -2.60. The van der Waals surface area contributed by atoms with Gasteiger partial charge in [0.1, 0.15) is 0 Å². The Morgan fingerprint density at radius 1 is 0.548 bits per heavy atom. The third kappa shape index (κ3) is 17.4. The molecule has 12 nitrogen and oxygen atoms in total. The molecule has 0 aliphatic carbocycles. The van der Waals surface area contributed by atoms with Crippen LogP contribution in [-0.4, -0.2) is 109 Å². The first kappa shape index (κ1) is 37.4. The number of unbranched alkanes of at least 4 members (excludes halogenated alkanes) is 10. The molecule has 0 atom stereocenters. The van der Waals surface area contributed by atoms with Crippen LogP contribution in [0.5, 0.6) is 0 Å². The van der Waals surface area contributed by atoms with Gasteiger partial charge in [-0.15, -0.1) is 0 Å². The number of piperazine rings is 1. The molecular weight excluding hydrogens is 532 g/mol. The summed E-state index contributed by atoms with van der Waals surface area (Å²) in [4.78, 5) is 40.2. The number of nitrogens with two attached hydrogens (primary N) is 4. The van der Waals surface area contributed by atoms with Crippen molar-refractivity contribution in [3.8, 4) is 0 Å². The smallest absolute Gasteiger partial charge is 0.321 e. The topological polar surface area (TPSA) is 176 Å². The van der Waals surface area contributed by atoms with Crippen LogP contribution in [0, 0.1) is 0 Å². The summed E-state index contributed by atoms with van der Waals surface area (Å²) in [5, 5.41) is 0. The fourth-order valence-corrected chi connectivity index (χ4v) is 5.16. The van der Waals surface area contributed by atoms with Crippen LogP contribution in [0.3, 0.4) is 0 Å². The molecular formula is C30H62N10O2. The summed E-state index contributed by atoms with van der Waals surface area (Å²) in [6, 6.07) is -1.11. The predicted octanol–water partition coefficient (Wildman–Crippen LogP) is 3.50. The van der Waals surface area contributed by atoms with Gasteiger partial charge in [0, 0.05) is 52.4 Å². The lowest BCUT2D eigenvalue weighted by molar-refractivity contribution is 0.127. The maximum absolute atomic E-state index is 11.9. The number of nitrogens with zero attached hydrogens (tertiary/aromatic N) is 6. The van der Waals surface area contributed by atoms with Gasteiger partial charge in [-0.2, -0.15) is 0 Å². The second kappa shape index (κ2) is 23.9. The Bertz CT molecular complexity index is 720. The molecule has 1 rings (SSSR count).